The number of primary amides is 1. The molecule has 0 radical (unpaired) electrons. The number of nitrogens with two attached hydrogens (primary N) is 1. The molecule has 0 aliphatic rings. The molecule has 2 heterocycles. The van der Waals surface area contributed by atoms with Crippen LogP contribution in [0.25, 0.3) is 5.82 Å². The lowest BCUT2D eigenvalue weighted by Gasteiger charge is -2.03. The molecular formula is C11H8N4O. The Balaban J connectivity index is 2.43. The fraction of sp³-hybridized carbons (Fsp3) is 0. The second-order valence-corrected chi connectivity index (χ2v) is 3.14. The Morgan fingerprint density at radius 3 is 2.81 bits per heavy atom. The van der Waals surface area contributed by atoms with E-state index in [2.05, 4.69) is 4.98 Å². The molecule has 0 spiro atoms. The normalized spacial score (nSPS) is 9.69. The van der Waals surface area contributed by atoms with Gasteiger partial charge < -0.3 is 5.73 Å². The molecule has 2 aromatic heterocycles. The third-order valence-corrected chi connectivity index (χ3v) is 2.14. The van der Waals surface area contributed by atoms with Crippen molar-refractivity contribution in [3.8, 4) is 11.9 Å². The van der Waals surface area contributed by atoms with Crippen LogP contribution in [0.5, 0.6) is 0 Å². The van der Waals surface area contributed by atoms with E-state index < -0.39 is 5.91 Å². The number of pyridine rings is 1. The number of hydrogen-bond acceptors (Lipinski definition) is 3. The van der Waals surface area contributed by atoms with Gasteiger partial charge in [-0.05, 0) is 24.3 Å². The first-order chi connectivity index (χ1) is 7.72. The first-order valence-corrected chi connectivity index (χ1v) is 4.56. The summed E-state index contributed by atoms with van der Waals surface area (Å²) in [4.78, 5) is 14.9. The van der Waals surface area contributed by atoms with E-state index in [9.17, 15) is 4.79 Å². The Kier molecular flexibility index (Phi) is 2.40. The van der Waals surface area contributed by atoms with Gasteiger partial charge in [0, 0.05) is 12.4 Å². The van der Waals surface area contributed by atoms with Gasteiger partial charge in [0.25, 0.3) is 0 Å². The molecule has 0 atom stereocenters. The largest absolute Gasteiger partial charge is 0.366 e. The highest BCUT2D eigenvalue weighted by atomic mass is 16.1. The summed E-state index contributed by atoms with van der Waals surface area (Å²) >= 11 is 0. The van der Waals surface area contributed by atoms with Crippen molar-refractivity contribution in [3.05, 3.63) is 47.9 Å². The molecule has 0 saturated carbocycles. The highest BCUT2D eigenvalue weighted by molar-refractivity contribution is 5.92. The number of nitrogens with zero attached hydrogens (tertiary/aromatic N) is 3. The summed E-state index contributed by atoms with van der Waals surface area (Å²) in [6, 6.07) is 8.69. The van der Waals surface area contributed by atoms with E-state index in [1.54, 1.807) is 35.0 Å². The molecule has 0 bridgehead atoms. The van der Waals surface area contributed by atoms with Crippen molar-refractivity contribution in [2.24, 2.45) is 5.73 Å². The number of carbonyl (C=O) groups is 1. The number of hydrogen-bond donors (Lipinski definition) is 1. The van der Waals surface area contributed by atoms with Crippen molar-refractivity contribution in [2.45, 2.75) is 0 Å². The molecule has 0 aliphatic heterocycles. The minimum absolute atomic E-state index is 0.342. The van der Waals surface area contributed by atoms with Gasteiger partial charge in [0.2, 0.25) is 5.91 Å². The SMILES string of the molecule is N#Cc1cccn1-c1ccc(C(N)=O)cn1. The molecule has 5 heteroatoms. The van der Waals surface area contributed by atoms with Crippen LogP contribution >= 0.6 is 0 Å². The van der Waals surface area contributed by atoms with Crippen LogP contribution in [0.2, 0.25) is 0 Å². The van der Waals surface area contributed by atoms with Crippen LogP contribution in [-0.4, -0.2) is 15.5 Å². The van der Waals surface area contributed by atoms with E-state index in [1.165, 1.54) is 6.20 Å². The molecule has 0 aliphatic carbocycles. The van der Waals surface area contributed by atoms with E-state index >= 15 is 0 Å². The minimum Gasteiger partial charge on any atom is -0.366 e. The summed E-state index contributed by atoms with van der Waals surface area (Å²) in [7, 11) is 0. The average Bonchev–Trinajstić information content (AvgIpc) is 2.77. The minimum atomic E-state index is -0.521. The van der Waals surface area contributed by atoms with Crippen LogP contribution < -0.4 is 5.73 Å². The van der Waals surface area contributed by atoms with Gasteiger partial charge in [-0.1, -0.05) is 0 Å². The second kappa shape index (κ2) is 3.87. The zero-order chi connectivity index (χ0) is 11.5. The van der Waals surface area contributed by atoms with Crippen LogP contribution in [0.4, 0.5) is 0 Å². The molecule has 2 aromatic rings. The predicted molar refractivity (Wildman–Crippen MR) is 56.8 cm³/mol. The van der Waals surface area contributed by atoms with Crippen molar-refractivity contribution in [1.82, 2.24) is 9.55 Å². The standard InChI is InChI=1S/C11H8N4O/c12-6-9-2-1-5-15(9)10-4-3-8(7-14-10)11(13)16/h1-5,7H,(H2,13,16). The summed E-state index contributed by atoms with van der Waals surface area (Å²) < 4.78 is 1.63. The number of aromatic nitrogens is 2. The van der Waals surface area contributed by atoms with Gasteiger partial charge in [-0.25, -0.2) is 4.98 Å². The summed E-state index contributed by atoms with van der Waals surface area (Å²) in [5, 5.41) is 8.84. The number of rotatable bonds is 2. The maximum Gasteiger partial charge on any atom is 0.250 e. The maximum absolute atomic E-state index is 10.8. The van der Waals surface area contributed by atoms with Crippen LogP contribution in [0.1, 0.15) is 16.1 Å². The lowest BCUT2D eigenvalue weighted by Crippen LogP contribution is -2.11. The van der Waals surface area contributed by atoms with Gasteiger partial charge >= 0.3 is 0 Å². The Morgan fingerprint density at radius 2 is 2.25 bits per heavy atom. The average molecular weight is 212 g/mol. The Bertz CT molecular complexity index is 562. The first kappa shape index (κ1) is 9.93. The van der Waals surface area contributed by atoms with E-state index in [1.807, 2.05) is 6.07 Å². The molecule has 0 saturated heterocycles. The summed E-state index contributed by atoms with van der Waals surface area (Å²) in [6.45, 7) is 0. The molecule has 78 valence electrons. The van der Waals surface area contributed by atoms with E-state index in [0.717, 1.165) is 0 Å². The number of carbonyl (C=O) groups excluding carboxylic acids is 1. The van der Waals surface area contributed by atoms with Crippen LogP contribution in [0.3, 0.4) is 0 Å². The van der Waals surface area contributed by atoms with Crippen molar-refractivity contribution in [2.75, 3.05) is 0 Å². The van der Waals surface area contributed by atoms with E-state index in [4.69, 9.17) is 11.0 Å². The van der Waals surface area contributed by atoms with Crippen molar-refractivity contribution < 1.29 is 4.79 Å². The third kappa shape index (κ3) is 1.64. The monoisotopic (exact) mass is 212 g/mol. The van der Waals surface area contributed by atoms with Gasteiger partial charge in [0.1, 0.15) is 17.6 Å². The number of amides is 1. The van der Waals surface area contributed by atoms with Gasteiger partial charge in [-0.15, -0.1) is 0 Å². The molecule has 0 unspecified atom stereocenters. The third-order valence-electron chi connectivity index (χ3n) is 2.14. The Labute approximate surface area is 91.8 Å². The zero-order valence-corrected chi connectivity index (χ0v) is 8.29. The van der Waals surface area contributed by atoms with Gasteiger partial charge in [-0.2, -0.15) is 5.26 Å². The molecule has 5 nitrogen and oxygen atoms in total. The molecule has 2 N–H and O–H groups in total. The first-order valence-electron chi connectivity index (χ1n) is 4.56. The second-order valence-electron chi connectivity index (χ2n) is 3.14. The molecule has 2 rings (SSSR count). The molecule has 1 amide bonds. The predicted octanol–water partition coefficient (Wildman–Crippen LogP) is 0.843. The molecule has 16 heavy (non-hydrogen) atoms. The lowest BCUT2D eigenvalue weighted by molar-refractivity contribution is 0.1000. The van der Waals surface area contributed by atoms with Gasteiger partial charge in [0.15, 0.2) is 0 Å². The number of nitriles is 1. The summed E-state index contributed by atoms with van der Waals surface area (Å²) in [6.07, 6.45) is 3.11. The van der Waals surface area contributed by atoms with Crippen LogP contribution in [-0.2, 0) is 0 Å². The smallest absolute Gasteiger partial charge is 0.250 e. The van der Waals surface area contributed by atoms with Crippen LogP contribution in [0.15, 0.2) is 36.7 Å². The fourth-order valence-corrected chi connectivity index (χ4v) is 1.35. The molecular weight excluding hydrogens is 204 g/mol. The van der Waals surface area contributed by atoms with E-state index in [-0.39, 0.29) is 0 Å². The highest BCUT2D eigenvalue weighted by Gasteiger charge is 2.05. The lowest BCUT2D eigenvalue weighted by atomic mass is 10.3. The van der Waals surface area contributed by atoms with Crippen molar-refractivity contribution >= 4 is 5.91 Å². The fourth-order valence-electron chi connectivity index (χ4n) is 1.35. The summed E-state index contributed by atoms with van der Waals surface area (Å²) in [5.41, 5.74) is 5.93. The van der Waals surface area contributed by atoms with Crippen molar-refractivity contribution in [3.63, 3.8) is 0 Å². The highest BCUT2D eigenvalue weighted by Crippen LogP contribution is 2.09. The molecule has 0 fully saturated rings. The summed E-state index contributed by atoms with van der Waals surface area (Å²) in [5.74, 6) is 0.0543. The topological polar surface area (TPSA) is 84.7 Å². The Morgan fingerprint density at radius 1 is 1.44 bits per heavy atom. The van der Waals surface area contributed by atoms with Gasteiger partial charge in [0.05, 0.1) is 5.56 Å². The quantitative estimate of drug-likeness (QED) is 0.800. The van der Waals surface area contributed by atoms with E-state index in [0.29, 0.717) is 17.1 Å². The van der Waals surface area contributed by atoms with Gasteiger partial charge in [-0.3, -0.25) is 9.36 Å². The molecule has 0 aromatic carbocycles. The van der Waals surface area contributed by atoms with Crippen LogP contribution in [0, 0.1) is 11.3 Å². The Hall–Kier alpha value is -2.61. The maximum atomic E-state index is 10.8. The van der Waals surface area contributed by atoms with Crippen molar-refractivity contribution in [1.29, 1.82) is 5.26 Å². The zero-order valence-electron chi connectivity index (χ0n) is 8.29.